The van der Waals surface area contributed by atoms with Gasteiger partial charge in [0.25, 0.3) is 5.91 Å². The van der Waals surface area contributed by atoms with Crippen molar-refractivity contribution in [3.05, 3.63) is 48.5 Å². The smallest absolute Gasteiger partial charge is 0.264 e. The van der Waals surface area contributed by atoms with Gasteiger partial charge in [0.2, 0.25) is 11.9 Å². The predicted molar refractivity (Wildman–Crippen MR) is 92.0 cm³/mol. The van der Waals surface area contributed by atoms with Gasteiger partial charge >= 0.3 is 0 Å². The molecule has 25 heavy (non-hydrogen) atoms. The van der Waals surface area contributed by atoms with Crippen LogP contribution in [0.4, 0.5) is 5.13 Å². The van der Waals surface area contributed by atoms with Crippen molar-refractivity contribution in [1.29, 1.82) is 0 Å². The average molecular weight is 355 g/mol. The molecular formula is C17H13N3O4S. The number of nitrogens with one attached hydrogen (secondary N) is 1. The minimum Gasteiger partial charge on any atom is -0.484 e. The monoisotopic (exact) mass is 355 g/mol. The number of hydrogen-bond donors (Lipinski definition) is 1. The van der Waals surface area contributed by atoms with Gasteiger partial charge in [0.05, 0.1) is 0 Å². The summed E-state index contributed by atoms with van der Waals surface area (Å²) < 4.78 is 16.0. The summed E-state index contributed by atoms with van der Waals surface area (Å²) in [5.74, 6) is 1.72. The lowest BCUT2D eigenvalue weighted by molar-refractivity contribution is -0.118. The number of rotatable bonds is 5. The van der Waals surface area contributed by atoms with Crippen molar-refractivity contribution in [3.8, 4) is 27.8 Å². The first-order chi connectivity index (χ1) is 12.3. The van der Waals surface area contributed by atoms with E-state index in [1.807, 2.05) is 36.4 Å². The highest BCUT2D eigenvalue weighted by Crippen LogP contribution is 2.37. The molecule has 1 N–H and O–H groups in total. The van der Waals surface area contributed by atoms with Gasteiger partial charge in [0, 0.05) is 5.56 Å². The molecule has 0 radical (unpaired) electrons. The van der Waals surface area contributed by atoms with Gasteiger partial charge in [-0.25, -0.2) is 0 Å². The molecule has 2 aromatic carbocycles. The minimum absolute atomic E-state index is 0.0943. The molecule has 2 heterocycles. The number of carbonyl (C=O) groups is 1. The van der Waals surface area contributed by atoms with E-state index in [1.165, 1.54) is 11.3 Å². The molecule has 4 rings (SSSR count). The van der Waals surface area contributed by atoms with E-state index in [0.717, 1.165) is 5.56 Å². The molecule has 0 saturated carbocycles. The van der Waals surface area contributed by atoms with E-state index in [4.69, 9.17) is 14.2 Å². The molecule has 0 fully saturated rings. The van der Waals surface area contributed by atoms with Gasteiger partial charge in [-0.15, -0.1) is 10.2 Å². The lowest BCUT2D eigenvalue weighted by atomic mass is 10.2. The van der Waals surface area contributed by atoms with Gasteiger partial charge in [-0.2, -0.15) is 0 Å². The van der Waals surface area contributed by atoms with Gasteiger partial charge in [0.1, 0.15) is 10.8 Å². The first kappa shape index (κ1) is 15.4. The lowest BCUT2D eigenvalue weighted by Crippen LogP contribution is -2.20. The fourth-order valence-corrected chi connectivity index (χ4v) is 3.00. The Bertz CT molecular complexity index is 898. The molecule has 0 bridgehead atoms. The van der Waals surface area contributed by atoms with Crippen LogP contribution in [0.1, 0.15) is 0 Å². The summed E-state index contributed by atoms with van der Waals surface area (Å²) in [6, 6.07) is 14.7. The van der Waals surface area contributed by atoms with Crippen LogP contribution in [-0.2, 0) is 4.79 Å². The molecule has 3 aromatic rings. The van der Waals surface area contributed by atoms with Gasteiger partial charge < -0.3 is 14.2 Å². The van der Waals surface area contributed by atoms with Crippen molar-refractivity contribution in [1.82, 2.24) is 10.2 Å². The molecule has 0 atom stereocenters. The summed E-state index contributed by atoms with van der Waals surface area (Å²) in [6.07, 6.45) is 0. The van der Waals surface area contributed by atoms with Crippen molar-refractivity contribution in [2.75, 3.05) is 18.7 Å². The van der Waals surface area contributed by atoms with Crippen LogP contribution in [0.5, 0.6) is 17.2 Å². The van der Waals surface area contributed by atoms with Gasteiger partial charge in [0.15, 0.2) is 18.1 Å². The predicted octanol–water partition coefficient (Wildman–Crippen LogP) is 2.95. The zero-order chi connectivity index (χ0) is 17.1. The average Bonchev–Trinajstić information content (AvgIpc) is 3.29. The first-order valence-corrected chi connectivity index (χ1v) is 8.31. The maximum Gasteiger partial charge on any atom is 0.264 e. The van der Waals surface area contributed by atoms with Crippen molar-refractivity contribution in [2.24, 2.45) is 0 Å². The molecule has 1 aliphatic heterocycles. The number of anilines is 1. The number of para-hydroxylation sites is 1. The van der Waals surface area contributed by atoms with Gasteiger partial charge in [-0.05, 0) is 30.3 Å². The standard InChI is InChI=1S/C17H13N3O4S/c21-15(9-22-12-4-2-1-3-5-12)18-17-20-19-16(25-17)11-6-7-13-14(8-11)24-10-23-13/h1-8H,9-10H2,(H,18,20,21). The number of benzene rings is 2. The van der Waals surface area contributed by atoms with E-state index in [9.17, 15) is 4.79 Å². The molecule has 0 unspecified atom stereocenters. The topological polar surface area (TPSA) is 82.6 Å². The summed E-state index contributed by atoms with van der Waals surface area (Å²) in [5.41, 5.74) is 0.850. The lowest BCUT2D eigenvalue weighted by Gasteiger charge is -2.04. The van der Waals surface area contributed by atoms with E-state index in [2.05, 4.69) is 15.5 Å². The first-order valence-electron chi connectivity index (χ1n) is 7.49. The Morgan fingerprint density at radius 1 is 1.12 bits per heavy atom. The Balaban J connectivity index is 1.39. The van der Waals surface area contributed by atoms with Crippen LogP contribution in [0.2, 0.25) is 0 Å². The van der Waals surface area contributed by atoms with E-state index in [0.29, 0.717) is 27.4 Å². The minimum atomic E-state index is -0.294. The number of hydrogen-bond acceptors (Lipinski definition) is 7. The molecule has 126 valence electrons. The normalized spacial score (nSPS) is 12.0. The number of amides is 1. The second kappa shape index (κ2) is 6.78. The van der Waals surface area contributed by atoms with Crippen LogP contribution in [0.3, 0.4) is 0 Å². The summed E-state index contributed by atoms with van der Waals surface area (Å²) in [7, 11) is 0. The number of ether oxygens (including phenoxy) is 3. The highest BCUT2D eigenvalue weighted by Gasteiger charge is 2.16. The third-order valence-corrected chi connectivity index (χ3v) is 4.29. The van der Waals surface area contributed by atoms with Crippen molar-refractivity contribution in [2.45, 2.75) is 0 Å². The molecule has 0 spiro atoms. The Morgan fingerprint density at radius 2 is 1.96 bits per heavy atom. The van der Waals surface area contributed by atoms with Crippen LogP contribution in [0, 0.1) is 0 Å². The van der Waals surface area contributed by atoms with Crippen LogP contribution < -0.4 is 19.5 Å². The maximum absolute atomic E-state index is 12.0. The highest BCUT2D eigenvalue weighted by atomic mass is 32.1. The number of carbonyl (C=O) groups excluding carboxylic acids is 1. The largest absolute Gasteiger partial charge is 0.484 e. The third kappa shape index (κ3) is 3.53. The quantitative estimate of drug-likeness (QED) is 0.758. The van der Waals surface area contributed by atoms with Crippen molar-refractivity contribution >= 4 is 22.4 Å². The molecule has 7 nitrogen and oxygen atoms in total. The Hall–Kier alpha value is -3.13. The Morgan fingerprint density at radius 3 is 2.84 bits per heavy atom. The number of aromatic nitrogens is 2. The second-order valence-electron chi connectivity index (χ2n) is 5.13. The summed E-state index contributed by atoms with van der Waals surface area (Å²) in [4.78, 5) is 12.0. The summed E-state index contributed by atoms with van der Waals surface area (Å²) >= 11 is 1.28. The van der Waals surface area contributed by atoms with Crippen LogP contribution >= 0.6 is 11.3 Å². The summed E-state index contributed by atoms with van der Waals surface area (Å²) in [6.45, 7) is 0.126. The molecule has 1 aliphatic rings. The maximum atomic E-state index is 12.0. The fraction of sp³-hybridized carbons (Fsp3) is 0.118. The second-order valence-corrected chi connectivity index (χ2v) is 6.11. The van der Waals surface area contributed by atoms with Gasteiger partial charge in [-0.3, -0.25) is 10.1 Å². The number of fused-ring (bicyclic) bond motifs is 1. The SMILES string of the molecule is O=C(COc1ccccc1)Nc1nnc(-c2ccc3c(c2)OCO3)s1. The zero-order valence-corrected chi connectivity index (χ0v) is 13.8. The Labute approximate surface area is 147 Å². The molecular weight excluding hydrogens is 342 g/mol. The summed E-state index contributed by atoms with van der Waals surface area (Å²) in [5, 5.41) is 11.9. The van der Waals surface area contributed by atoms with E-state index in [1.54, 1.807) is 12.1 Å². The van der Waals surface area contributed by atoms with Crippen LogP contribution in [-0.4, -0.2) is 29.5 Å². The van der Waals surface area contributed by atoms with Crippen LogP contribution in [0.25, 0.3) is 10.6 Å². The Kier molecular flexibility index (Phi) is 4.17. The van der Waals surface area contributed by atoms with E-state index >= 15 is 0 Å². The molecule has 1 amide bonds. The molecule has 1 aromatic heterocycles. The fourth-order valence-electron chi connectivity index (χ4n) is 2.24. The zero-order valence-electron chi connectivity index (χ0n) is 13.0. The van der Waals surface area contributed by atoms with Crippen LogP contribution in [0.15, 0.2) is 48.5 Å². The van der Waals surface area contributed by atoms with Gasteiger partial charge in [-0.1, -0.05) is 29.5 Å². The third-order valence-electron chi connectivity index (χ3n) is 3.40. The molecule has 8 heteroatoms. The molecule has 0 saturated heterocycles. The van der Waals surface area contributed by atoms with Crippen molar-refractivity contribution in [3.63, 3.8) is 0 Å². The number of nitrogens with zero attached hydrogens (tertiary/aromatic N) is 2. The van der Waals surface area contributed by atoms with E-state index < -0.39 is 0 Å². The molecule has 0 aliphatic carbocycles. The highest BCUT2D eigenvalue weighted by molar-refractivity contribution is 7.18. The van der Waals surface area contributed by atoms with E-state index in [-0.39, 0.29) is 19.3 Å². The van der Waals surface area contributed by atoms with Crippen molar-refractivity contribution < 1.29 is 19.0 Å².